The molecule has 6 nitrogen and oxygen atoms in total. The van der Waals surface area contributed by atoms with Crippen molar-refractivity contribution in [2.75, 3.05) is 9.80 Å². The van der Waals surface area contributed by atoms with Crippen LogP contribution in [0.2, 0.25) is 0 Å². The van der Waals surface area contributed by atoms with Crippen molar-refractivity contribution in [3.63, 3.8) is 0 Å². The molecule has 4 heterocycles. The smallest absolute Gasteiger partial charge is 0.159 e. The fraction of sp³-hybridized carbons (Fsp3) is 0. The normalized spacial score (nSPS) is 11.9. The van der Waals surface area contributed by atoms with E-state index in [1.165, 1.54) is 0 Å². The molecule has 0 saturated carbocycles. The van der Waals surface area contributed by atoms with Gasteiger partial charge in [-0.2, -0.15) is 0 Å². The van der Waals surface area contributed by atoms with Crippen molar-refractivity contribution < 1.29 is 17.7 Å². The molecule has 0 atom stereocenters. The maximum absolute atomic E-state index is 7.45. The molecule has 0 fully saturated rings. The molecule has 0 bridgehead atoms. The van der Waals surface area contributed by atoms with Crippen molar-refractivity contribution in [2.45, 2.75) is 0 Å². The van der Waals surface area contributed by atoms with Gasteiger partial charge in [0.1, 0.15) is 33.5 Å². The lowest BCUT2D eigenvalue weighted by Crippen LogP contribution is -2.10. The molecule has 0 aliphatic rings. The summed E-state index contributed by atoms with van der Waals surface area (Å²) < 4.78 is 29.0. The fourth-order valence-corrected chi connectivity index (χ4v) is 14.4. The van der Waals surface area contributed by atoms with Crippen LogP contribution in [0.5, 0.6) is 0 Å². The summed E-state index contributed by atoms with van der Waals surface area (Å²) in [5, 5.41) is 12.5. The van der Waals surface area contributed by atoms with Crippen LogP contribution >= 0.6 is 0 Å². The Morgan fingerprint density at radius 3 is 0.946 bits per heavy atom. The Balaban J connectivity index is 0.811. The predicted octanol–water partition coefficient (Wildman–Crippen LogP) is 25.2. The van der Waals surface area contributed by atoms with Gasteiger partial charge in [0.05, 0.1) is 11.4 Å². The summed E-state index contributed by atoms with van der Waals surface area (Å²) in [5.41, 5.74) is 20.8. The van der Waals surface area contributed by atoms with Gasteiger partial charge in [0.15, 0.2) is 11.2 Å². The van der Waals surface area contributed by atoms with Crippen molar-refractivity contribution in [2.24, 2.45) is 0 Å². The van der Waals surface area contributed by atoms with Crippen molar-refractivity contribution in [3.05, 3.63) is 315 Å². The minimum atomic E-state index is 0.781. The lowest BCUT2D eigenvalue weighted by Gasteiger charge is -2.25. The average molecular weight is 1180 g/mol. The van der Waals surface area contributed by atoms with E-state index in [4.69, 9.17) is 17.7 Å². The molecule has 19 rings (SSSR count). The van der Waals surface area contributed by atoms with Crippen LogP contribution in [0.15, 0.2) is 333 Å². The number of rotatable bonds is 10. The Morgan fingerprint density at radius 2 is 0.554 bits per heavy atom. The first-order valence-electron chi connectivity index (χ1n) is 31.2. The summed E-state index contributed by atoms with van der Waals surface area (Å²) in [5.74, 6) is 0. The number of para-hydroxylation sites is 6. The molecule has 4 aromatic heterocycles. The number of hydrogen-bond donors (Lipinski definition) is 0. The van der Waals surface area contributed by atoms with Crippen LogP contribution in [0.25, 0.3) is 154 Å². The summed E-state index contributed by atoms with van der Waals surface area (Å²) >= 11 is 0. The van der Waals surface area contributed by atoms with Crippen molar-refractivity contribution >= 4 is 143 Å². The van der Waals surface area contributed by atoms with E-state index in [0.717, 1.165) is 188 Å². The second-order valence-electron chi connectivity index (χ2n) is 23.8. The first-order chi connectivity index (χ1) is 45.6. The Bertz CT molecular complexity index is 5730. The van der Waals surface area contributed by atoms with Gasteiger partial charge >= 0.3 is 0 Å². The van der Waals surface area contributed by atoms with Gasteiger partial charge in [-0.15, -0.1) is 0 Å². The van der Waals surface area contributed by atoms with E-state index in [2.05, 4.69) is 313 Å². The third-order valence-corrected chi connectivity index (χ3v) is 18.5. The molecule has 430 valence electrons. The molecule has 0 amide bonds. The molecule has 0 aliphatic heterocycles. The van der Waals surface area contributed by atoms with Crippen LogP contribution in [0.3, 0.4) is 0 Å². The highest BCUT2D eigenvalue weighted by atomic mass is 16.3. The third kappa shape index (κ3) is 8.07. The highest BCUT2D eigenvalue weighted by Gasteiger charge is 2.29. The number of furan rings is 4. The largest absolute Gasteiger partial charge is 0.455 e. The number of nitrogens with zero attached hydrogens (tertiary/aromatic N) is 2. The molecule has 0 unspecified atom stereocenters. The SMILES string of the molecule is c1ccc(-c2cccc3c2oc2c(N(c4ccccc4)c4ccc5cc6c(cc5c4)oc4c(-c5ccccc5)c(-c5ccccc5)c5oc7cc8cc(N(c9ccccc9)c9cccc%10c9oc9c(-c%11ccccc%11)cccc9%10)ccc8cc7c5c46)cccc23)cc1. The van der Waals surface area contributed by atoms with Gasteiger partial charge in [-0.05, 0) is 129 Å². The monoisotopic (exact) mass is 1180 g/mol. The van der Waals surface area contributed by atoms with Crippen LogP contribution in [0.1, 0.15) is 0 Å². The summed E-state index contributed by atoms with van der Waals surface area (Å²) in [6.07, 6.45) is 0. The van der Waals surface area contributed by atoms with Crippen LogP contribution in [0.4, 0.5) is 34.1 Å². The summed E-state index contributed by atoms with van der Waals surface area (Å²) in [6, 6.07) is 112. The molecule has 0 N–H and O–H groups in total. The summed E-state index contributed by atoms with van der Waals surface area (Å²) in [4.78, 5) is 4.62. The van der Waals surface area contributed by atoms with E-state index < -0.39 is 0 Å². The van der Waals surface area contributed by atoms with Crippen molar-refractivity contribution in [1.29, 1.82) is 0 Å². The number of fused-ring (bicyclic) bond motifs is 15. The molecule has 19 aromatic rings. The topological polar surface area (TPSA) is 59.0 Å². The standard InChI is InChI=1S/C86H52N2O4/c1-7-23-53(24-8-1)65-35-19-37-67-69-39-21-41-73(83(69)91-81(65)67)87(61-31-15-5-16-32-61)63-45-43-57-49-71-75(51-59(57)47-63)89-85-77(55-27-11-3-12-28-55)78(56-29-13-4-14-30-56)86-80(79(71)85)72-50-58-44-46-64(48-60(58)52-76(72)90-86)88(62-33-17-6-18-34-62)74-42-22-40-70-68-38-20-36-66(82(68)92-84(70)74)54-25-9-2-10-26-54/h1-52H. The van der Waals surface area contributed by atoms with E-state index in [1.54, 1.807) is 0 Å². The van der Waals surface area contributed by atoms with Crippen LogP contribution < -0.4 is 9.80 Å². The maximum atomic E-state index is 7.45. The van der Waals surface area contributed by atoms with Gasteiger partial charge in [0.2, 0.25) is 0 Å². The highest BCUT2D eigenvalue weighted by Crippen LogP contribution is 2.53. The predicted molar refractivity (Wildman–Crippen MR) is 382 cm³/mol. The Morgan fingerprint density at radius 1 is 0.207 bits per heavy atom. The van der Waals surface area contributed by atoms with Crippen LogP contribution in [0, 0.1) is 0 Å². The summed E-state index contributed by atoms with van der Waals surface area (Å²) in [6.45, 7) is 0. The van der Waals surface area contributed by atoms with Gasteiger partial charge in [-0.25, -0.2) is 0 Å². The first-order valence-corrected chi connectivity index (χ1v) is 31.2. The zero-order valence-corrected chi connectivity index (χ0v) is 49.5. The Labute approximate surface area is 527 Å². The molecule has 0 radical (unpaired) electrons. The van der Waals surface area contributed by atoms with Gasteiger partial charge in [0, 0.05) is 88.1 Å². The maximum Gasteiger partial charge on any atom is 0.159 e. The molecule has 6 heteroatoms. The van der Waals surface area contributed by atoms with E-state index in [-0.39, 0.29) is 0 Å². The third-order valence-electron chi connectivity index (χ3n) is 18.5. The zero-order chi connectivity index (χ0) is 60.4. The van der Waals surface area contributed by atoms with Gasteiger partial charge in [0.25, 0.3) is 0 Å². The average Bonchev–Trinajstić information content (AvgIpc) is 1.54. The molecular formula is C86H52N2O4. The quantitative estimate of drug-likeness (QED) is 0.136. The first kappa shape index (κ1) is 51.6. The molecule has 0 aliphatic carbocycles. The Hall–Kier alpha value is -12.4. The fourth-order valence-electron chi connectivity index (χ4n) is 14.4. The summed E-state index contributed by atoms with van der Waals surface area (Å²) in [7, 11) is 0. The van der Waals surface area contributed by atoms with Crippen molar-refractivity contribution in [3.8, 4) is 44.5 Å². The van der Waals surface area contributed by atoms with E-state index in [0.29, 0.717) is 0 Å². The van der Waals surface area contributed by atoms with E-state index in [9.17, 15) is 0 Å². The van der Waals surface area contributed by atoms with Gasteiger partial charge < -0.3 is 27.5 Å². The molecule has 0 spiro atoms. The van der Waals surface area contributed by atoms with Crippen LogP contribution in [-0.4, -0.2) is 0 Å². The lowest BCUT2D eigenvalue weighted by molar-refractivity contribution is 0.665. The van der Waals surface area contributed by atoms with E-state index in [1.807, 2.05) is 12.1 Å². The molecule has 0 saturated heterocycles. The molecular weight excluding hydrogens is 1120 g/mol. The molecule has 15 aromatic carbocycles. The Kier molecular flexibility index (Phi) is 11.6. The van der Waals surface area contributed by atoms with Gasteiger partial charge in [-0.1, -0.05) is 231 Å². The number of anilines is 6. The van der Waals surface area contributed by atoms with Gasteiger partial charge in [-0.3, -0.25) is 0 Å². The highest BCUT2D eigenvalue weighted by molar-refractivity contribution is 6.33. The minimum absolute atomic E-state index is 0.781. The van der Waals surface area contributed by atoms with E-state index >= 15 is 0 Å². The zero-order valence-electron chi connectivity index (χ0n) is 49.5. The van der Waals surface area contributed by atoms with Crippen molar-refractivity contribution in [1.82, 2.24) is 0 Å². The van der Waals surface area contributed by atoms with Crippen LogP contribution in [-0.2, 0) is 0 Å². The number of benzene rings is 15. The lowest BCUT2D eigenvalue weighted by atomic mass is 9.89. The second kappa shape index (κ2) is 20.6. The number of hydrogen-bond acceptors (Lipinski definition) is 6. The second-order valence-corrected chi connectivity index (χ2v) is 23.8. The minimum Gasteiger partial charge on any atom is -0.455 e. The molecule has 92 heavy (non-hydrogen) atoms.